The molecule has 5 heteroatoms. The minimum Gasteiger partial charge on any atom is -0.497 e. The fraction of sp³-hybridized carbons (Fsp3) is 0.0769. The Morgan fingerprint density at radius 2 is 1.89 bits per heavy atom. The van der Waals surface area contributed by atoms with Crippen LogP contribution in [-0.4, -0.2) is 22.1 Å². The van der Waals surface area contributed by atoms with Gasteiger partial charge in [-0.3, -0.25) is 0 Å². The molecular formula is C13H12ClN3O. The van der Waals surface area contributed by atoms with Gasteiger partial charge in [0, 0.05) is 11.8 Å². The summed E-state index contributed by atoms with van der Waals surface area (Å²) in [7, 11) is 1.65. The molecule has 3 rings (SSSR count). The molecule has 0 radical (unpaired) electrons. The number of H-pyrrole nitrogens is 1. The molecule has 0 aliphatic heterocycles. The molecule has 1 N–H and O–H groups in total. The first-order valence-electron chi connectivity index (χ1n) is 5.32. The van der Waals surface area contributed by atoms with Crippen LogP contribution in [0.25, 0.3) is 22.6 Å². The standard InChI is InChI=1S/C13H11N3O.ClH/c1-17-10-6-4-9(5-7-10)12-15-11-3-2-8-14-13(11)16-12;/h2-8H,1H3,(H,14,15,16);1H. The van der Waals surface area contributed by atoms with Gasteiger partial charge in [-0.05, 0) is 36.4 Å². The number of methoxy groups -OCH3 is 1. The van der Waals surface area contributed by atoms with Crippen molar-refractivity contribution >= 4 is 23.6 Å². The summed E-state index contributed by atoms with van der Waals surface area (Å²) in [6.07, 6.45) is 1.74. The van der Waals surface area contributed by atoms with Crippen molar-refractivity contribution in [1.29, 1.82) is 0 Å². The van der Waals surface area contributed by atoms with Gasteiger partial charge >= 0.3 is 0 Å². The zero-order chi connectivity index (χ0) is 11.7. The molecular weight excluding hydrogens is 250 g/mol. The molecule has 0 unspecified atom stereocenters. The first-order valence-corrected chi connectivity index (χ1v) is 5.32. The van der Waals surface area contributed by atoms with Crippen molar-refractivity contribution in [3.05, 3.63) is 42.6 Å². The predicted octanol–water partition coefficient (Wildman–Crippen LogP) is 3.06. The van der Waals surface area contributed by atoms with Gasteiger partial charge in [0.1, 0.15) is 11.6 Å². The highest BCUT2D eigenvalue weighted by Crippen LogP contribution is 2.21. The van der Waals surface area contributed by atoms with Gasteiger partial charge in [-0.2, -0.15) is 0 Å². The van der Waals surface area contributed by atoms with Crippen LogP contribution in [0.1, 0.15) is 0 Å². The fourth-order valence-electron chi connectivity index (χ4n) is 1.73. The number of hydrogen-bond acceptors (Lipinski definition) is 3. The van der Waals surface area contributed by atoms with Crippen LogP contribution in [0.2, 0.25) is 0 Å². The average molecular weight is 262 g/mol. The molecule has 0 fully saturated rings. The quantitative estimate of drug-likeness (QED) is 0.771. The molecule has 0 spiro atoms. The van der Waals surface area contributed by atoms with E-state index in [1.807, 2.05) is 36.4 Å². The lowest BCUT2D eigenvalue weighted by Gasteiger charge is -2.00. The van der Waals surface area contributed by atoms with Crippen LogP contribution < -0.4 is 4.74 Å². The van der Waals surface area contributed by atoms with Gasteiger partial charge in [-0.25, -0.2) is 9.97 Å². The highest BCUT2D eigenvalue weighted by molar-refractivity contribution is 5.85. The number of imidazole rings is 1. The Hall–Kier alpha value is -2.07. The molecule has 3 aromatic rings. The molecule has 1 aromatic carbocycles. The van der Waals surface area contributed by atoms with Gasteiger partial charge in [0.05, 0.1) is 12.6 Å². The first-order chi connectivity index (χ1) is 8.36. The highest BCUT2D eigenvalue weighted by Gasteiger charge is 2.05. The first kappa shape index (κ1) is 12.4. The van der Waals surface area contributed by atoms with E-state index in [0.717, 1.165) is 28.3 Å². The predicted molar refractivity (Wildman–Crippen MR) is 73.1 cm³/mol. The monoisotopic (exact) mass is 261 g/mol. The Labute approximate surface area is 110 Å². The van der Waals surface area contributed by atoms with Crippen molar-refractivity contribution in [1.82, 2.24) is 15.0 Å². The summed E-state index contributed by atoms with van der Waals surface area (Å²) in [5.74, 6) is 1.66. The molecule has 92 valence electrons. The molecule has 0 aliphatic rings. The largest absolute Gasteiger partial charge is 0.497 e. The third-order valence-corrected chi connectivity index (χ3v) is 2.62. The summed E-state index contributed by atoms with van der Waals surface area (Å²) in [4.78, 5) is 11.9. The topological polar surface area (TPSA) is 50.8 Å². The van der Waals surface area contributed by atoms with E-state index >= 15 is 0 Å². The van der Waals surface area contributed by atoms with Crippen molar-refractivity contribution in [2.75, 3.05) is 7.11 Å². The van der Waals surface area contributed by atoms with E-state index in [1.54, 1.807) is 13.3 Å². The van der Waals surface area contributed by atoms with Gasteiger partial charge in [-0.15, -0.1) is 12.4 Å². The van der Waals surface area contributed by atoms with Gasteiger partial charge in [0.25, 0.3) is 0 Å². The normalized spacial score (nSPS) is 10.1. The number of nitrogens with zero attached hydrogens (tertiary/aromatic N) is 2. The van der Waals surface area contributed by atoms with E-state index in [0.29, 0.717) is 0 Å². The van der Waals surface area contributed by atoms with Crippen molar-refractivity contribution in [2.24, 2.45) is 0 Å². The van der Waals surface area contributed by atoms with Crippen LogP contribution in [0.4, 0.5) is 0 Å². The Morgan fingerprint density at radius 3 is 2.56 bits per heavy atom. The maximum atomic E-state index is 5.12. The molecule has 0 saturated carbocycles. The van der Waals surface area contributed by atoms with E-state index in [9.17, 15) is 0 Å². The number of ether oxygens (including phenoxy) is 1. The number of halogens is 1. The van der Waals surface area contributed by atoms with Crippen LogP contribution in [0, 0.1) is 0 Å². The van der Waals surface area contributed by atoms with E-state index in [1.165, 1.54) is 0 Å². The van der Waals surface area contributed by atoms with Crippen molar-refractivity contribution in [3.8, 4) is 17.1 Å². The lowest BCUT2D eigenvalue weighted by molar-refractivity contribution is 0.415. The molecule has 0 amide bonds. The molecule has 0 aliphatic carbocycles. The maximum absolute atomic E-state index is 5.12. The number of hydrogen-bond donors (Lipinski definition) is 1. The zero-order valence-electron chi connectivity index (χ0n) is 9.75. The van der Waals surface area contributed by atoms with Crippen molar-refractivity contribution < 1.29 is 4.74 Å². The number of pyridine rings is 1. The minimum atomic E-state index is 0. The number of rotatable bonds is 2. The fourth-order valence-corrected chi connectivity index (χ4v) is 1.73. The maximum Gasteiger partial charge on any atom is 0.178 e. The van der Waals surface area contributed by atoms with Gasteiger partial charge in [0.15, 0.2) is 5.65 Å². The number of benzene rings is 1. The van der Waals surface area contributed by atoms with E-state index in [4.69, 9.17) is 4.74 Å². The van der Waals surface area contributed by atoms with E-state index in [2.05, 4.69) is 15.0 Å². The second-order valence-electron chi connectivity index (χ2n) is 3.69. The Balaban J connectivity index is 0.00000120. The Morgan fingerprint density at radius 1 is 1.11 bits per heavy atom. The van der Waals surface area contributed by atoms with Gasteiger partial charge < -0.3 is 9.72 Å². The van der Waals surface area contributed by atoms with Gasteiger partial charge in [-0.1, -0.05) is 0 Å². The summed E-state index contributed by atoms with van der Waals surface area (Å²) < 4.78 is 5.12. The summed E-state index contributed by atoms with van der Waals surface area (Å²) in [6, 6.07) is 11.6. The molecule has 0 bridgehead atoms. The molecule has 2 heterocycles. The summed E-state index contributed by atoms with van der Waals surface area (Å²) >= 11 is 0. The molecule has 4 nitrogen and oxygen atoms in total. The second kappa shape index (κ2) is 5.06. The summed E-state index contributed by atoms with van der Waals surface area (Å²) in [5.41, 5.74) is 2.69. The van der Waals surface area contributed by atoms with Crippen LogP contribution in [0.15, 0.2) is 42.6 Å². The minimum absolute atomic E-state index is 0. The van der Waals surface area contributed by atoms with Crippen LogP contribution in [0.5, 0.6) is 5.75 Å². The Kier molecular flexibility index (Phi) is 3.48. The smallest absolute Gasteiger partial charge is 0.178 e. The lowest BCUT2D eigenvalue weighted by atomic mass is 10.2. The van der Waals surface area contributed by atoms with Crippen LogP contribution in [-0.2, 0) is 0 Å². The Bertz CT molecular complexity index is 616. The number of aromatic amines is 1. The number of nitrogens with one attached hydrogen (secondary N) is 1. The zero-order valence-corrected chi connectivity index (χ0v) is 10.6. The number of fused-ring (bicyclic) bond motifs is 1. The van der Waals surface area contributed by atoms with Crippen molar-refractivity contribution in [2.45, 2.75) is 0 Å². The SMILES string of the molecule is COc1ccc(-c2nc3ncccc3[nH]2)cc1.Cl. The van der Waals surface area contributed by atoms with Gasteiger partial charge in [0.2, 0.25) is 0 Å². The molecule has 0 atom stereocenters. The summed E-state index contributed by atoms with van der Waals surface area (Å²) in [5, 5.41) is 0. The molecule has 2 aromatic heterocycles. The van der Waals surface area contributed by atoms with Crippen molar-refractivity contribution in [3.63, 3.8) is 0 Å². The molecule has 18 heavy (non-hydrogen) atoms. The third kappa shape index (κ3) is 2.15. The van der Waals surface area contributed by atoms with Crippen LogP contribution >= 0.6 is 12.4 Å². The molecule has 0 saturated heterocycles. The second-order valence-corrected chi connectivity index (χ2v) is 3.69. The highest BCUT2D eigenvalue weighted by atomic mass is 35.5. The lowest BCUT2D eigenvalue weighted by Crippen LogP contribution is -1.83. The van der Waals surface area contributed by atoms with E-state index < -0.39 is 0 Å². The third-order valence-electron chi connectivity index (χ3n) is 2.62. The van der Waals surface area contributed by atoms with E-state index in [-0.39, 0.29) is 12.4 Å². The summed E-state index contributed by atoms with van der Waals surface area (Å²) in [6.45, 7) is 0. The van der Waals surface area contributed by atoms with Crippen LogP contribution in [0.3, 0.4) is 0 Å². The average Bonchev–Trinajstić information content (AvgIpc) is 2.82. The number of aromatic nitrogens is 3.